The standard InChI is InChI=1S/C23H33O6S2/c1-5-26-17-22(29-31(24,25)23-13-7-19(2)8-14-23)18-28-21-11-9-20(10-12-21)27-15-6-16-30(3)4/h7-14,22H,5-6,15-18H2,1-4H3/q+1. The smallest absolute Gasteiger partial charge is 0.297 e. The number of hydrogen-bond donors (Lipinski definition) is 0. The van der Waals surface area contributed by atoms with Crippen LogP contribution in [0.2, 0.25) is 0 Å². The van der Waals surface area contributed by atoms with Crippen molar-refractivity contribution in [3.8, 4) is 11.5 Å². The van der Waals surface area contributed by atoms with Gasteiger partial charge >= 0.3 is 0 Å². The van der Waals surface area contributed by atoms with Crippen molar-refractivity contribution in [2.24, 2.45) is 0 Å². The third-order valence-corrected chi connectivity index (χ3v) is 6.79. The monoisotopic (exact) mass is 469 g/mol. The summed E-state index contributed by atoms with van der Waals surface area (Å²) >= 11 is 0. The fraction of sp³-hybridized carbons (Fsp3) is 0.478. The molecule has 2 aromatic carbocycles. The van der Waals surface area contributed by atoms with Gasteiger partial charge in [-0.2, -0.15) is 8.42 Å². The molecule has 0 aromatic heterocycles. The molecule has 0 aliphatic heterocycles. The van der Waals surface area contributed by atoms with E-state index in [9.17, 15) is 8.42 Å². The lowest BCUT2D eigenvalue weighted by atomic mass is 10.2. The van der Waals surface area contributed by atoms with Gasteiger partial charge in [0, 0.05) is 13.0 Å². The van der Waals surface area contributed by atoms with E-state index in [2.05, 4.69) is 12.5 Å². The van der Waals surface area contributed by atoms with E-state index < -0.39 is 16.2 Å². The molecule has 2 aromatic rings. The minimum absolute atomic E-state index is 0.0423. The Balaban J connectivity index is 1.91. The topological polar surface area (TPSA) is 71.1 Å². The van der Waals surface area contributed by atoms with Crippen LogP contribution in [0.1, 0.15) is 18.9 Å². The van der Waals surface area contributed by atoms with E-state index in [1.165, 1.54) is 12.1 Å². The molecule has 2 rings (SSSR count). The molecule has 0 aliphatic rings. The van der Waals surface area contributed by atoms with Crippen LogP contribution in [0.3, 0.4) is 0 Å². The molecule has 0 radical (unpaired) electrons. The van der Waals surface area contributed by atoms with E-state index in [1.54, 1.807) is 24.3 Å². The normalized spacial score (nSPS) is 12.7. The van der Waals surface area contributed by atoms with Crippen molar-refractivity contribution in [2.75, 3.05) is 44.7 Å². The van der Waals surface area contributed by atoms with Gasteiger partial charge in [-0.05, 0) is 61.1 Å². The highest BCUT2D eigenvalue weighted by Crippen LogP contribution is 2.20. The molecule has 0 saturated carbocycles. The summed E-state index contributed by atoms with van der Waals surface area (Å²) in [5, 5.41) is 0. The van der Waals surface area contributed by atoms with Crippen LogP contribution in [0.25, 0.3) is 0 Å². The minimum Gasteiger partial charge on any atom is -0.493 e. The van der Waals surface area contributed by atoms with Crippen LogP contribution < -0.4 is 9.47 Å². The largest absolute Gasteiger partial charge is 0.493 e. The molecule has 0 amide bonds. The quantitative estimate of drug-likeness (QED) is 0.238. The summed E-state index contributed by atoms with van der Waals surface area (Å²) in [5.41, 5.74) is 0.973. The maximum Gasteiger partial charge on any atom is 0.297 e. The molecule has 31 heavy (non-hydrogen) atoms. The average molecular weight is 470 g/mol. The summed E-state index contributed by atoms with van der Waals surface area (Å²) < 4.78 is 47.5. The Kier molecular flexibility index (Phi) is 10.7. The van der Waals surface area contributed by atoms with Gasteiger partial charge in [0.05, 0.1) is 30.6 Å². The second-order valence-corrected chi connectivity index (χ2v) is 11.3. The Hall–Kier alpha value is -1.74. The Labute approximate surface area is 189 Å². The van der Waals surface area contributed by atoms with Gasteiger partial charge in [0.25, 0.3) is 10.1 Å². The Morgan fingerprint density at radius 3 is 2.10 bits per heavy atom. The molecule has 172 valence electrons. The van der Waals surface area contributed by atoms with E-state index in [4.69, 9.17) is 18.4 Å². The Morgan fingerprint density at radius 2 is 1.52 bits per heavy atom. The maximum absolute atomic E-state index is 12.6. The first-order valence-corrected chi connectivity index (χ1v) is 13.9. The Morgan fingerprint density at radius 1 is 0.903 bits per heavy atom. The maximum atomic E-state index is 12.6. The highest BCUT2D eigenvalue weighted by Gasteiger charge is 2.23. The number of ether oxygens (including phenoxy) is 3. The summed E-state index contributed by atoms with van der Waals surface area (Å²) in [5.74, 6) is 2.55. The molecular weight excluding hydrogens is 436 g/mol. The fourth-order valence-electron chi connectivity index (χ4n) is 2.65. The van der Waals surface area contributed by atoms with Gasteiger partial charge in [-0.15, -0.1) is 0 Å². The van der Waals surface area contributed by atoms with E-state index >= 15 is 0 Å². The lowest BCUT2D eigenvalue weighted by Crippen LogP contribution is -2.30. The highest BCUT2D eigenvalue weighted by molar-refractivity contribution is 7.95. The first-order valence-electron chi connectivity index (χ1n) is 10.3. The van der Waals surface area contributed by atoms with Crippen LogP contribution in [0.15, 0.2) is 53.4 Å². The molecule has 0 heterocycles. The minimum atomic E-state index is -3.92. The molecule has 1 atom stereocenters. The zero-order chi connectivity index (χ0) is 22.7. The third kappa shape index (κ3) is 9.51. The van der Waals surface area contributed by atoms with Crippen molar-refractivity contribution in [1.82, 2.24) is 0 Å². The van der Waals surface area contributed by atoms with Crippen LogP contribution in [-0.4, -0.2) is 59.2 Å². The van der Waals surface area contributed by atoms with E-state index in [-0.39, 0.29) is 18.1 Å². The van der Waals surface area contributed by atoms with Crippen LogP contribution in [0.5, 0.6) is 11.5 Å². The number of rotatable bonds is 14. The molecule has 0 bridgehead atoms. The summed E-state index contributed by atoms with van der Waals surface area (Å²) in [7, 11) is -3.49. The molecule has 8 heteroatoms. The predicted molar refractivity (Wildman–Crippen MR) is 126 cm³/mol. The van der Waals surface area contributed by atoms with Crippen molar-refractivity contribution in [1.29, 1.82) is 0 Å². The van der Waals surface area contributed by atoms with Gasteiger partial charge in [-0.1, -0.05) is 17.7 Å². The summed E-state index contributed by atoms with van der Waals surface area (Å²) in [6.45, 7) is 5.03. The van der Waals surface area contributed by atoms with Crippen LogP contribution in [-0.2, 0) is 29.9 Å². The van der Waals surface area contributed by atoms with Gasteiger partial charge in [0.15, 0.2) is 0 Å². The van der Waals surface area contributed by atoms with Crippen molar-refractivity contribution < 1.29 is 26.8 Å². The molecule has 0 fully saturated rings. The second-order valence-electron chi connectivity index (χ2n) is 7.32. The van der Waals surface area contributed by atoms with Crippen molar-refractivity contribution >= 4 is 21.0 Å². The number of aryl methyl sites for hydroxylation is 1. The van der Waals surface area contributed by atoms with Crippen molar-refractivity contribution in [3.05, 3.63) is 54.1 Å². The Bertz CT molecular complexity index is 864. The van der Waals surface area contributed by atoms with E-state index in [0.717, 1.165) is 23.5 Å². The van der Waals surface area contributed by atoms with E-state index in [1.807, 2.05) is 26.0 Å². The lowest BCUT2D eigenvalue weighted by molar-refractivity contribution is 0.0340. The number of benzene rings is 2. The zero-order valence-corrected chi connectivity index (χ0v) is 20.3. The highest BCUT2D eigenvalue weighted by atomic mass is 32.2. The molecule has 0 N–H and O–H groups in total. The predicted octanol–water partition coefficient (Wildman–Crippen LogP) is 3.83. The first-order chi connectivity index (χ1) is 14.8. The molecule has 0 aliphatic carbocycles. The van der Waals surface area contributed by atoms with Gasteiger partial charge in [-0.25, -0.2) is 0 Å². The molecule has 1 unspecified atom stereocenters. The van der Waals surface area contributed by atoms with Crippen LogP contribution in [0.4, 0.5) is 0 Å². The first kappa shape index (κ1) is 25.5. The average Bonchev–Trinajstić information content (AvgIpc) is 2.74. The van der Waals surface area contributed by atoms with Crippen molar-refractivity contribution in [3.63, 3.8) is 0 Å². The second kappa shape index (κ2) is 13.0. The summed E-state index contributed by atoms with van der Waals surface area (Å²) in [4.78, 5) is 0.110. The van der Waals surface area contributed by atoms with Crippen LogP contribution in [0, 0.1) is 6.92 Å². The number of hydrogen-bond acceptors (Lipinski definition) is 6. The summed E-state index contributed by atoms with van der Waals surface area (Å²) in [6, 6.07) is 13.8. The molecule has 0 saturated heterocycles. The summed E-state index contributed by atoms with van der Waals surface area (Å²) in [6.07, 6.45) is 4.71. The van der Waals surface area contributed by atoms with E-state index in [0.29, 0.717) is 29.9 Å². The van der Waals surface area contributed by atoms with Gasteiger partial charge in [0.2, 0.25) is 0 Å². The zero-order valence-electron chi connectivity index (χ0n) is 18.7. The van der Waals surface area contributed by atoms with Gasteiger partial charge < -0.3 is 14.2 Å². The third-order valence-electron chi connectivity index (χ3n) is 4.31. The van der Waals surface area contributed by atoms with Crippen LogP contribution >= 0.6 is 0 Å². The molecular formula is C23H33O6S2+. The molecule has 6 nitrogen and oxygen atoms in total. The lowest BCUT2D eigenvalue weighted by Gasteiger charge is -2.18. The fourth-order valence-corrected chi connectivity index (χ4v) is 4.40. The SMILES string of the molecule is CCOCC(COc1ccc(OCCC[S+](C)C)cc1)OS(=O)(=O)c1ccc(C)cc1. The van der Waals surface area contributed by atoms with Crippen molar-refractivity contribution in [2.45, 2.75) is 31.3 Å². The van der Waals surface area contributed by atoms with Gasteiger partial charge in [0.1, 0.15) is 30.0 Å². The molecule has 0 spiro atoms. The van der Waals surface area contributed by atoms with Gasteiger partial charge in [-0.3, -0.25) is 4.18 Å².